The molecule has 3 aromatic rings. The van der Waals surface area contributed by atoms with E-state index in [-0.39, 0.29) is 5.91 Å². The van der Waals surface area contributed by atoms with Crippen molar-refractivity contribution in [3.63, 3.8) is 0 Å². The smallest absolute Gasteiger partial charge is 0.272 e. The van der Waals surface area contributed by atoms with E-state index in [1.165, 1.54) is 6.21 Å². The third kappa shape index (κ3) is 6.69. The summed E-state index contributed by atoms with van der Waals surface area (Å²) >= 11 is 12.1. The van der Waals surface area contributed by atoms with E-state index in [0.717, 1.165) is 9.13 Å². The first-order chi connectivity index (χ1) is 15.0. The van der Waals surface area contributed by atoms with Crippen LogP contribution in [-0.4, -0.2) is 18.7 Å². The van der Waals surface area contributed by atoms with Crippen LogP contribution < -0.4 is 14.9 Å². The molecule has 5 nitrogen and oxygen atoms in total. The van der Waals surface area contributed by atoms with E-state index in [2.05, 4.69) is 49.0 Å². The number of hydrazone groups is 1. The summed E-state index contributed by atoms with van der Waals surface area (Å²) in [6, 6.07) is 18.7. The van der Waals surface area contributed by atoms with Crippen LogP contribution in [0.2, 0.25) is 5.02 Å². The molecule has 160 valence electrons. The van der Waals surface area contributed by atoms with Gasteiger partial charge in [0, 0.05) is 8.04 Å². The number of nitrogens with one attached hydrogen (secondary N) is 1. The Labute approximate surface area is 208 Å². The lowest BCUT2D eigenvalue weighted by molar-refractivity contribution is 0.0954. The fourth-order valence-corrected chi connectivity index (χ4v) is 3.77. The number of hydrogen-bond donors (Lipinski definition) is 1. The molecule has 0 aromatic heterocycles. The van der Waals surface area contributed by atoms with Crippen molar-refractivity contribution in [2.45, 2.75) is 13.5 Å². The molecule has 0 aliphatic carbocycles. The third-order valence-electron chi connectivity index (χ3n) is 4.13. The van der Waals surface area contributed by atoms with Crippen molar-refractivity contribution in [3.8, 4) is 11.5 Å². The van der Waals surface area contributed by atoms with Crippen LogP contribution in [0.1, 0.15) is 28.4 Å². The summed E-state index contributed by atoms with van der Waals surface area (Å²) in [6.07, 6.45) is 1.51. The van der Waals surface area contributed by atoms with Crippen molar-refractivity contribution in [3.05, 3.63) is 90.4 Å². The summed E-state index contributed by atoms with van der Waals surface area (Å²) in [4.78, 5) is 12.3. The van der Waals surface area contributed by atoms with E-state index < -0.39 is 0 Å². The summed E-state index contributed by atoms with van der Waals surface area (Å²) in [5.74, 6) is 0.660. The van der Waals surface area contributed by atoms with E-state index in [9.17, 15) is 4.79 Å². The number of hydrogen-bond acceptors (Lipinski definition) is 4. The number of benzene rings is 3. The van der Waals surface area contributed by atoms with Crippen LogP contribution in [0.25, 0.3) is 0 Å². The Kier molecular flexibility index (Phi) is 8.74. The first-order valence-electron chi connectivity index (χ1n) is 9.39. The van der Waals surface area contributed by atoms with Crippen LogP contribution in [0, 0.1) is 3.57 Å². The van der Waals surface area contributed by atoms with Gasteiger partial charge in [0.2, 0.25) is 0 Å². The van der Waals surface area contributed by atoms with Gasteiger partial charge in [0.05, 0.1) is 23.4 Å². The van der Waals surface area contributed by atoms with Gasteiger partial charge >= 0.3 is 0 Å². The van der Waals surface area contributed by atoms with Crippen LogP contribution >= 0.6 is 50.1 Å². The topological polar surface area (TPSA) is 59.9 Å². The van der Waals surface area contributed by atoms with Gasteiger partial charge in [-0.25, -0.2) is 5.43 Å². The first kappa shape index (κ1) is 23.6. The van der Waals surface area contributed by atoms with E-state index >= 15 is 0 Å². The van der Waals surface area contributed by atoms with Crippen LogP contribution in [0.5, 0.6) is 11.5 Å². The zero-order valence-corrected chi connectivity index (χ0v) is 21.1. The molecule has 0 saturated carbocycles. The van der Waals surface area contributed by atoms with Gasteiger partial charge in [0.25, 0.3) is 5.91 Å². The summed E-state index contributed by atoms with van der Waals surface area (Å²) in [5.41, 5.74) is 4.70. The second-order valence-electron chi connectivity index (χ2n) is 6.36. The molecule has 0 fully saturated rings. The average Bonchev–Trinajstić information content (AvgIpc) is 2.75. The second-order valence-corrected chi connectivity index (χ2v) is 8.86. The van der Waals surface area contributed by atoms with Crippen molar-refractivity contribution < 1.29 is 14.3 Å². The summed E-state index contributed by atoms with van der Waals surface area (Å²) < 4.78 is 13.5. The van der Waals surface area contributed by atoms with E-state index in [0.29, 0.717) is 45.3 Å². The molecule has 31 heavy (non-hydrogen) atoms. The summed E-state index contributed by atoms with van der Waals surface area (Å²) in [5, 5.41) is 4.43. The molecule has 0 radical (unpaired) electrons. The fourth-order valence-electron chi connectivity index (χ4n) is 2.67. The van der Waals surface area contributed by atoms with Gasteiger partial charge in [-0.05, 0) is 93.0 Å². The standard InChI is InChI=1S/C23H19BrClIN2O3/c1-2-30-21-12-16(13-27-28-23(29)18-5-3-4-6-19(18)24)11-20(25)22(21)31-14-15-7-9-17(26)10-8-15/h3-13H,2,14H2,1H3,(H,28,29)/b27-13+. The Morgan fingerprint density at radius 1 is 1.16 bits per heavy atom. The second kappa shape index (κ2) is 11.5. The number of amides is 1. The van der Waals surface area contributed by atoms with Gasteiger partial charge in [-0.3, -0.25) is 4.79 Å². The molecular weight excluding hydrogens is 595 g/mol. The molecule has 0 aliphatic heterocycles. The van der Waals surface area contributed by atoms with E-state index in [1.54, 1.807) is 30.3 Å². The Morgan fingerprint density at radius 3 is 2.61 bits per heavy atom. The molecule has 1 amide bonds. The number of nitrogens with zero attached hydrogens (tertiary/aromatic N) is 1. The number of ether oxygens (including phenoxy) is 2. The zero-order chi connectivity index (χ0) is 22.2. The van der Waals surface area contributed by atoms with Crippen molar-refractivity contribution in [1.29, 1.82) is 0 Å². The maximum Gasteiger partial charge on any atom is 0.272 e. The minimum atomic E-state index is -0.322. The molecule has 1 N–H and O–H groups in total. The average molecular weight is 614 g/mol. The number of rotatable bonds is 8. The minimum Gasteiger partial charge on any atom is -0.490 e. The van der Waals surface area contributed by atoms with E-state index in [1.807, 2.05) is 37.3 Å². The third-order valence-corrected chi connectivity index (χ3v) is 5.82. The molecule has 3 aromatic carbocycles. The largest absolute Gasteiger partial charge is 0.490 e. The lowest BCUT2D eigenvalue weighted by atomic mass is 10.2. The Hall–Kier alpha value is -2.10. The molecular formula is C23H19BrClIN2O3. The van der Waals surface area contributed by atoms with Crippen LogP contribution in [0.15, 0.2) is 70.2 Å². The Balaban J connectivity index is 1.73. The molecule has 8 heteroatoms. The molecule has 0 heterocycles. The number of carbonyl (C=O) groups excluding carboxylic acids is 1. The summed E-state index contributed by atoms with van der Waals surface area (Å²) in [7, 11) is 0. The normalized spacial score (nSPS) is 10.8. The van der Waals surface area contributed by atoms with Gasteiger partial charge in [-0.1, -0.05) is 35.9 Å². The molecule has 0 aliphatic rings. The lowest BCUT2D eigenvalue weighted by Gasteiger charge is -2.14. The predicted octanol–water partition coefficient (Wildman–Crippen LogP) is 6.45. The van der Waals surface area contributed by atoms with Gasteiger partial charge in [-0.15, -0.1) is 0 Å². The molecule has 0 saturated heterocycles. The molecule has 3 rings (SSSR count). The minimum absolute atomic E-state index is 0.322. The van der Waals surface area contributed by atoms with Crippen LogP contribution in [0.4, 0.5) is 0 Å². The lowest BCUT2D eigenvalue weighted by Crippen LogP contribution is -2.18. The SMILES string of the molecule is CCOc1cc(/C=N/NC(=O)c2ccccc2Br)cc(Cl)c1OCc1ccc(I)cc1. The molecule has 0 spiro atoms. The first-order valence-corrected chi connectivity index (χ1v) is 11.6. The molecule has 0 unspecified atom stereocenters. The quantitative estimate of drug-likeness (QED) is 0.181. The monoisotopic (exact) mass is 612 g/mol. The predicted molar refractivity (Wildman–Crippen MR) is 135 cm³/mol. The summed E-state index contributed by atoms with van der Waals surface area (Å²) in [6.45, 7) is 2.71. The highest BCUT2D eigenvalue weighted by Crippen LogP contribution is 2.37. The van der Waals surface area contributed by atoms with Crippen molar-refractivity contribution in [2.75, 3.05) is 6.61 Å². The van der Waals surface area contributed by atoms with E-state index in [4.69, 9.17) is 21.1 Å². The maximum atomic E-state index is 12.3. The van der Waals surface area contributed by atoms with Crippen LogP contribution in [0.3, 0.4) is 0 Å². The highest BCUT2D eigenvalue weighted by atomic mass is 127. The van der Waals surface area contributed by atoms with Crippen molar-refractivity contribution in [1.82, 2.24) is 5.43 Å². The van der Waals surface area contributed by atoms with Crippen LogP contribution in [-0.2, 0) is 6.61 Å². The zero-order valence-electron chi connectivity index (χ0n) is 16.6. The highest BCUT2D eigenvalue weighted by Gasteiger charge is 2.13. The molecule has 0 atom stereocenters. The van der Waals surface area contributed by atoms with Gasteiger partial charge in [0.15, 0.2) is 11.5 Å². The van der Waals surface area contributed by atoms with Gasteiger partial charge < -0.3 is 9.47 Å². The highest BCUT2D eigenvalue weighted by molar-refractivity contribution is 14.1. The van der Waals surface area contributed by atoms with Gasteiger partial charge in [-0.2, -0.15) is 5.10 Å². The maximum absolute atomic E-state index is 12.3. The number of halogens is 3. The van der Waals surface area contributed by atoms with Gasteiger partial charge in [0.1, 0.15) is 6.61 Å². The van der Waals surface area contributed by atoms with Crippen molar-refractivity contribution >= 4 is 62.2 Å². The number of carbonyl (C=O) groups is 1. The Morgan fingerprint density at radius 2 is 1.90 bits per heavy atom. The molecule has 0 bridgehead atoms. The van der Waals surface area contributed by atoms with Crippen molar-refractivity contribution in [2.24, 2.45) is 5.10 Å². The Bertz CT molecular complexity index is 1090. The fraction of sp³-hybridized carbons (Fsp3) is 0.130.